The van der Waals surface area contributed by atoms with Crippen LogP contribution in [-0.2, 0) is 19.1 Å². The molecule has 1 atom stereocenters. The third kappa shape index (κ3) is 3.18. The van der Waals surface area contributed by atoms with Gasteiger partial charge in [-0.2, -0.15) is 8.42 Å². The van der Waals surface area contributed by atoms with E-state index in [9.17, 15) is 18.0 Å². The Morgan fingerprint density at radius 2 is 1.78 bits per heavy atom. The Hall–Kier alpha value is -2.13. The Morgan fingerprint density at radius 3 is 2.22 bits per heavy atom. The van der Waals surface area contributed by atoms with E-state index >= 15 is 0 Å². The fourth-order valence-corrected chi connectivity index (χ4v) is 2.46. The molecule has 0 fully saturated rings. The maximum absolute atomic E-state index is 11.7. The van der Waals surface area contributed by atoms with E-state index in [1.165, 1.54) is 24.3 Å². The van der Waals surface area contributed by atoms with Gasteiger partial charge in [-0.15, -0.1) is 0 Å². The van der Waals surface area contributed by atoms with E-state index in [1.54, 1.807) is 11.5 Å². The van der Waals surface area contributed by atoms with E-state index in [-0.39, 0.29) is 5.56 Å². The second-order valence-electron chi connectivity index (χ2n) is 3.19. The first-order valence-electron chi connectivity index (χ1n) is 4.66. The van der Waals surface area contributed by atoms with Gasteiger partial charge >= 0.3 is 16.2 Å². The Bertz CT molecular complexity index is 543. The normalized spacial score (nSPS) is 12.5. The molecule has 2 amide bonds. The highest BCUT2D eigenvalue weighted by Gasteiger charge is 2.36. The van der Waals surface area contributed by atoms with Gasteiger partial charge < -0.3 is 9.92 Å². The number of nitrogens with one attached hydrogen (secondary N) is 1. The smallest absolute Gasteiger partial charge is 0.334 e. The van der Waals surface area contributed by atoms with Crippen LogP contribution in [0.1, 0.15) is 10.8 Å². The van der Waals surface area contributed by atoms with Crippen LogP contribution in [0.25, 0.3) is 0 Å². The topological polar surface area (TPSA) is 142 Å². The van der Waals surface area contributed by atoms with Crippen LogP contribution in [0.3, 0.4) is 0 Å². The number of benzene rings is 1. The fourth-order valence-electron chi connectivity index (χ4n) is 1.32. The number of rotatable bonds is 4. The molecule has 8 nitrogen and oxygen atoms in total. The Kier molecular flexibility index (Phi) is 4.23. The average molecular weight is 273 g/mol. The van der Waals surface area contributed by atoms with Gasteiger partial charge in [0.2, 0.25) is 5.25 Å². The van der Waals surface area contributed by atoms with Crippen molar-refractivity contribution in [2.75, 3.05) is 0 Å². The summed E-state index contributed by atoms with van der Waals surface area (Å²) in [6, 6.07) is 7.42. The highest BCUT2D eigenvalue weighted by Crippen LogP contribution is 2.23. The first kappa shape index (κ1) is 13.9. The summed E-state index contributed by atoms with van der Waals surface area (Å²) in [4.78, 5) is 22.0. The predicted molar refractivity (Wildman–Crippen MR) is 61.1 cm³/mol. The summed E-state index contributed by atoms with van der Waals surface area (Å²) in [6.45, 7) is 0. The molecule has 0 aliphatic rings. The molecule has 5 N–H and O–H groups in total. The monoisotopic (exact) mass is 273 g/mol. The minimum absolute atomic E-state index is 0.0988. The Morgan fingerprint density at radius 1 is 1.22 bits per heavy atom. The number of amides is 2. The number of carbonyl (C=O) groups is 2. The zero-order valence-corrected chi connectivity index (χ0v) is 9.88. The fraction of sp³-hybridized carbons (Fsp3) is 0.111. The molecule has 0 spiro atoms. The van der Waals surface area contributed by atoms with Crippen LogP contribution < -0.4 is 17.0 Å². The summed E-state index contributed by atoms with van der Waals surface area (Å²) in [5, 5.41) is -1.77. The third-order valence-electron chi connectivity index (χ3n) is 1.97. The number of primary amides is 1. The van der Waals surface area contributed by atoms with Crippen molar-refractivity contribution >= 4 is 22.1 Å². The van der Waals surface area contributed by atoms with E-state index < -0.39 is 27.4 Å². The van der Waals surface area contributed by atoms with Crippen LogP contribution >= 0.6 is 0 Å². The van der Waals surface area contributed by atoms with Crippen molar-refractivity contribution in [2.24, 2.45) is 11.6 Å². The lowest BCUT2D eigenvalue weighted by atomic mass is 10.1. The molecule has 1 aromatic carbocycles. The van der Waals surface area contributed by atoms with Crippen LogP contribution in [-0.4, -0.2) is 20.4 Å². The highest BCUT2D eigenvalue weighted by molar-refractivity contribution is 7.88. The van der Waals surface area contributed by atoms with Crippen molar-refractivity contribution in [3.63, 3.8) is 0 Å². The molecule has 0 saturated carbocycles. The lowest BCUT2D eigenvalue weighted by Crippen LogP contribution is -2.39. The zero-order valence-electron chi connectivity index (χ0n) is 9.07. The standard InChI is InChI=1S/C9H11N3O5S/c10-9(14)17-18(15,16)7(8(13)12-11)6-4-2-1-3-5-6/h1-5,7H,11H2,(H2,10,14)(H,12,13). The number of hydrazine groups is 1. The van der Waals surface area contributed by atoms with E-state index in [0.717, 1.165) is 0 Å². The second kappa shape index (κ2) is 5.47. The summed E-state index contributed by atoms with van der Waals surface area (Å²) in [5.41, 5.74) is 6.42. The zero-order chi connectivity index (χ0) is 13.8. The highest BCUT2D eigenvalue weighted by atomic mass is 32.2. The number of hydrogen-bond acceptors (Lipinski definition) is 6. The molecule has 0 radical (unpaired) electrons. The summed E-state index contributed by atoms with van der Waals surface area (Å²) in [6.07, 6.45) is -1.53. The van der Waals surface area contributed by atoms with Crippen LogP contribution in [0, 0.1) is 0 Å². The van der Waals surface area contributed by atoms with Crippen LogP contribution in [0.15, 0.2) is 30.3 Å². The van der Waals surface area contributed by atoms with E-state index in [0.29, 0.717) is 0 Å². The van der Waals surface area contributed by atoms with Crippen LogP contribution in [0.5, 0.6) is 0 Å². The molecule has 9 heteroatoms. The maximum Gasteiger partial charge on any atom is 0.420 e. The lowest BCUT2D eigenvalue weighted by Gasteiger charge is -2.14. The Labute approximate surface area is 103 Å². The molecule has 1 unspecified atom stereocenters. The van der Waals surface area contributed by atoms with E-state index in [1.807, 2.05) is 0 Å². The summed E-state index contributed by atoms with van der Waals surface area (Å²) in [5.74, 6) is 3.86. The van der Waals surface area contributed by atoms with Gasteiger partial charge in [0.1, 0.15) is 0 Å². The van der Waals surface area contributed by atoms with Gasteiger partial charge in [0, 0.05) is 0 Å². The number of nitrogens with two attached hydrogens (primary N) is 2. The van der Waals surface area contributed by atoms with Crippen LogP contribution in [0.4, 0.5) is 4.79 Å². The van der Waals surface area contributed by atoms with Crippen molar-refractivity contribution in [3.8, 4) is 0 Å². The van der Waals surface area contributed by atoms with Gasteiger partial charge in [-0.1, -0.05) is 30.3 Å². The second-order valence-corrected chi connectivity index (χ2v) is 4.82. The number of carbonyl (C=O) groups excluding carboxylic acids is 2. The molecule has 0 bridgehead atoms. The minimum Gasteiger partial charge on any atom is -0.334 e. The Balaban J connectivity index is 3.23. The predicted octanol–water partition coefficient (Wildman–Crippen LogP) is -0.857. The molecule has 0 aliphatic heterocycles. The van der Waals surface area contributed by atoms with Gasteiger partial charge in [-0.3, -0.25) is 10.2 Å². The molecule has 98 valence electrons. The van der Waals surface area contributed by atoms with Gasteiger partial charge in [0.05, 0.1) is 0 Å². The van der Waals surface area contributed by atoms with Crippen molar-refractivity contribution < 1.29 is 22.2 Å². The molecular weight excluding hydrogens is 262 g/mol. The van der Waals surface area contributed by atoms with Crippen molar-refractivity contribution in [2.45, 2.75) is 5.25 Å². The van der Waals surface area contributed by atoms with Crippen molar-refractivity contribution in [3.05, 3.63) is 35.9 Å². The van der Waals surface area contributed by atoms with Crippen LogP contribution in [0.2, 0.25) is 0 Å². The quantitative estimate of drug-likeness (QED) is 0.282. The molecule has 0 heterocycles. The van der Waals surface area contributed by atoms with E-state index in [2.05, 4.69) is 9.92 Å². The molecule has 0 aliphatic carbocycles. The molecule has 0 aromatic heterocycles. The van der Waals surface area contributed by atoms with Gasteiger partial charge in [0.15, 0.2) is 0 Å². The minimum atomic E-state index is -4.55. The van der Waals surface area contributed by atoms with Gasteiger partial charge in [0.25, 0.3) is 5.91 Å². The molecule has 1 aromatic rings. The molecule has 18 heavy (non-hydrogen) atoms. The molecular formula is C9H11N3O5S. The maximum atomic E-state index is 11.7. The summed E-state index contributed by atoms with van der Waals surface area (Å²) in [7, 11) is -4.55. The molecule has 1 rings (SSSR count). The molecule has 0 saturated heterocycles. The third-order valence-corrected chi connectivity index (χ3v) is 3.43. The van der Waals surface area contributed by atoms with E-state index in [4.69, 9.17) is 5.84 Å². The summed E-state index contributed by atoms with van der Waals surface area (Å²) >= 11 is 0. The average Bonchev–Trinajstić information content (AvgIpc) is 2.28. The number of hydrogen-bond donors (Lipinski definition) is 3. The van der Waals surface area contributed by atoms with Gasteiger partial charge in [-0.25, -0.2) is 10.6 Å². The summed E-state index contributed by atoms with van der Waals surface area (Å²) < 4.78 is 27.4. The SMILES string of the molecule is NNC(=O)C(c1ccccc1)S(=O)(=O)OC(N)=O. The first-order valence-corrected chi connectivity index (χ1v) is 6.13. The van der Waals surface area contributed by atoms with Crippen molar-refractivity contribution in [1.29, 1.82) is 0 Å². The lowest BCUT2D eigenvalue weighted by molar-refractivity contribution is -0.120. The van der Waals surface area contributed by atoms with Crippen molar-refractivity contribution in [1.82, 2.24) is 5.43 Å². The van der Waals surface area contributed by atoms with Gasteiger partial charge in [-0.05, 0) is 5.56 Å². The first-order chi connectivity index (χ1) is 8.38. The largest absolute Gasteiger partial charge is 0.420 e.